The highest BCUT2D eigenvalue weighted by Crippen LogP contribution is 2.36. The summed E-state index contributed by atoms with van der Waals surface area (Å²) < 4.78 is 9.63. The standard InChI is InChI=1S/C47H47N7O7/c1-60-46(58)51-41(29-11-5-3-6-12-29)44(56)53-21-9-15-36(53)28-49-43(55)35-23-33-19-17-31(24-37(33)48-27-35)32-18-20-34-26-39(50-38(34)25-32)40-16-10-22-54(40)45(57)42(52-47(59)61-2)30-13-7-4-8-14-30/h3-8,11-14,17-20,23-27,36,40-42,50H,9-10,15-16,21-22,28H2,1-2H3,(H,49,55)(H,51,58)(H,52,59)/t36-,40-,41+,42+/m0/s1. The van der Waals surface area contributed by atoms with Gasteiger partial charge < -0.3 is 40.2 Å². The lowest BCUT2D eigenvalue weighted by molar-refractivity contribution is -0.135. The van der Waals surface area contributed by atoms with Gasteiger partial charge in [-0.25, -0.2) is 9.59 Å². The Morgan fingerprint density at radius 3 is 1.95 bits per heavy atom. The minimum Gasteiger partial charge on any atom is -0.453 e. The molecule has 4 N–H and O–H groups in total. The zero-order chi connectivity index (χ0) is 42.5. The van der Waals surface area contributed by atoms with Gasteiger partial charge in [0.2, 0.25) is 11.8 Å². The van der Waals surface area contributed by atoms with Crippen molar-refractivity contribution in [2.24, 2.45) is 0 Å². The van der Waals surface area contributed by atoms with E-state index in [1.165, 1.54) is 14.2 Å². The third-order valence-corrected chi connectivity index (χ3v) is 11.6. The van der Waals surface area contributed by atoms with E-state index >= 15 is 0 Å². The fourth-order valence-electron chi connectivity index (χ4n) is 8.49. The highest BCUT2D eigenvalue weighted by Gasteiger charge is 2.37. The molecule has 0 saturated carbocycles. The number of likely N-dealkylation sites (tertiary alicyclic amines) is 2. The van der Waals surface area contributed by atoms with Crippen LogP contribution in [-0.2, 0) is 19.1 Å². The van der Waals surface area contributed by atoms with Gasteiger partial charge in [-0.2, -0.15) is 0 Å². The van der Waals surface area contributed by atoms with E-state index in [1.807, 2.05) is 65.6 Å². The Hall–Kier alpha value is -7.22. The molecule has 14 nitrogen and oxygen atoms in total. The van der Waals surface area contributed by atoms with E-state index in [-0.39, 0.29) is 36.3 Å². The first-order valence-corrected chi connectivity index (χ1v) is 20.4. The zero-order valence-electron chi connectivity index (χ0n) is 33.9. The molecular weight excluding hydrogens is 775 g/mol. The van der Waals surface area contributed by atoms with Crippen LogP contribution >= 0.6 is 0 Å². The van der Waals surface area contributed by atoms with Gasteiger partial charge in [-0.05, 0) is 77.6 Å². The molecule has 4 atom stereocenters. The van der Waals surface area contributed by atoms with Gasteiger partial charge in [0.1, 0.15) is 12.1 Å². The van der Waals surface area contributed by atoms with E-state index < -0.39 is 24.3 Å². The van der Waals surface area contributed by atoms with Crippen molar-refractivity contribution in [2.45, 2.75) is 49.9 Å². The van der Waals surface area contributed by atoms with Gasteiger partial charge in [0, 0.05) is 48.5 Å². The van der Waals surface area contributed by atoms with Gasteiger partial charge in [0.05, 0.1) is 31.3 Å². The van der Waals surface area contributed by atoms with E-state index in [2.05, 4.69) is 50.2 Å². The van der Waals surface area contributed by atoms with Crippen molar-refractivity contribution in [1.82, 2.24) is 35.7 Å². The monoisotopic (exact) mass is 821 g/mol. The lowest BCUT2D eigenvalue weighted by atomic mass is 10.0. The third-order valence-electron chi connectivity index (χ3n) is 11.6. The summed E-state index contributed by atoms with van der Waals surface area (Å²) in [6.45, 7) is 1.33. The molecular formula is C47H47N7O7. The van der Waals surface area contributed by atoms with Gasteiger partial charge in [-0.3, -0.25) is 19.4 Å². The van der Waals surface area contributed by atoms with Gasteiger partial charge in [-0.15, -0.1) is 0 Å². The molecule has 14 heteroatoms. The van der Waals surface area contributed by atoms with Crippen LogP contribution in [0.4, 0.5) is 9.59 Å². The van der Waals surface area contributed by atoms with Gasteiger partial charge in [-0.1, -0.05) is 84.9 Å². The van der Waals surface area contributed by atoms with E-state index in [0.717, 1.165) is 57.9 Å². The largest absolute Gasteiger partial charge is 0.453 e. The summed E-state index contributed by atoms with van der Waals surface area (Å²) in [6, 6.07) is 32.0. The number of aromatic nitrogens is 2. The summed E-state index contributed by atoms with van der Waals surface area (Å²) in [7, 11) is 2.54. The van der Waals surface area contributed by atoms with Crippen LogP contribution < -0.4 is 16.0 Å². The van der Waals surface area contributed by atoms with E-state index in [4.69, 9.17) is 9.47 Å². The number of nitrogens with one attached hydrogen (secondary N) is 4. The van der Waals surface area contributed by atoms with Crippen LogP contribution in [0.3, 0.4) is 0 Å². The molecule has 2 aliphatic heterocycles. The number of fused-ring (bicyclic) bond motifs is 2. The molecule has 4 aromatic carbocycles. The molecule has 8 rings (SSSR count). The van der Waals surface area contributed by atoms with Crippen LogP contribution in [0.25, 0.3) is 32.9 Å². The molecule has 2 saturated heterocycles. The molecule has 0 bridgehead atoms. The molecule has 4 heterocycles. The number of hydrogen-bond acceptors (Lipinski definition) is 8. The number of H-pyrrole nitrogens is 1. The Balaban J connectivity index is 0.938. The number of rotatable bonds is 11. The minimum atomic E-state index is -0.917. The molecule has 0 aliphatic carbocycles. The van der Waals surface area contributed by atoms with Crippen molar-refractivity contribution in [3.05, 3.63) is 138 Å². The Kier molecular flexibility index (Phi) is 11.9. The third kappa shape index (κ3) is 8.74. The summed E-state index contributed by atoms with van der Waals surface area (Å²) >= 11 is 0. The maximum atomic E-state index is 14.0. The summed E-state index contributed by atoms with van der Waals surface area (Å²) in [5.41, 5.74) is 6.24. The second kappa shape index (κ2) is 18.0. The maximum absolute atomic E-state index is 14.0. The molecule has 2 fully saturated rings. The fraction of sp³-hybridized carbons (Fsp3) is 0.277. The average molecular weight is 822 g/mol. The predicted octanol–water partition coefficient (Wildman–Crippen LogP) is 6.96. The first kappa shape index (κ1) is 40.6. The summed E-state index contributed by atoms with van der Waals surface area (Å²) in [4.78, 5) is 77.4. The number of carbonyl (C=O) groups is 5. The van der Waals surface area contributed by atoms with Crippen LogP contribution in [0.5, 0.6) is 0 Å². The number of alkyl carbamates (subject to hydrolysis) is 2. The van der Waals surface area contributed by atoms with Gasteiger partial charge in [0.25, 0.3) is 5.91 Å². The Labute approximate surface area is 352 Å². The van der Waals surface area contributed by atoms with Crippen LogP contribution in [0.15, 0.2) is 115 Å². The molecule has 5 amide bonds. The normalized spacial score (nSPS) is 17.1. The predicted molar refractivity (Wildman–Crippen MR) is 229 cm³/mol. The molecule has 2 aliphatic rings. The Bertz CT molecular complexity index is 2580. The molecule has 6 aromatic rings. The zero-order valence-corrected chi connectivity index (χ0v) is 33.9. The number of hydrogen-bond donors (Lipinski definition) is 4. The van der Waals surface area contributed by atoms with E-state index in [9.17, 15) is 24.0 Å². The van der Waals surface area contributed by atoms with Crippen LogP contribution in [0, 0.1) is 0 Å². The highest BCUT2D eigenvalue weighted by atomic mass is 16.5. The molecule has 0 unspecified atom stereocenters. The van der Waals surface area contributed by atoms with Crippen molar-refractivity contribution < 1.29 is 33.4 Å². The lowest BCUT2D eigenvalue weighted by Gasteiger charge is -2.29. The molecule has 61 heavy (non-hydrogen) atoms. The second-order valence-electron chi connectivity index (χ2n) is 15.3. The number of aromatic amines is 1. The number of benzene rings is 4. The number of ether oxygens (including phenoxy) is 2. The number of methoxy groups -OCH3 is 2. The maximum Gasteiger partial charge on any atom is 0.407 e. The van der Waals surface area contributed by atoms with Crippen LogP contribution in [-0.4, -0.2) is 89.6 Å². The Morgan fingerprint density at radius 1 is 0.705 bits per heavy atom. The van der Waals surface area contributed by atoms with Crippen molar-refractivity contribution >= 4 is 51.7 Å². The minimum absolute atomic E-state index is 0.188. The Morgan fingerprint density at radius 2 is 1.30 bits per heavy atom. The molecule has 2 aromatic heterocycles. The quantitative estimate of drug-likeness (QED) is 0.109. The van der Waals surface area contributed by atoms with Crippen molar-refractivity contribution in [3.63, 3.8) is 0 Å². The first-order chi connectivity index (χ1) is 29.7. The second-order valence-corrected chi connectivity index (χ2v) is 15.3. The number of amides is 5. The van der Waals surface area contributed by atoms with E-state index in [0.29, 0.717) is 36.2 Å². The van der Waals surface area contributed by atoms with Crippen LogP contribution in [0.2, 0.25) is 0 Å². The van der Waals surface area contributed by atoms with Gasteiger partial charge >= 0.3 is 12.2 Å². The smallest absolute Gasteiger partial charge is 0.407 e. The number of pyridine rings is 1. The van der Waals surface area contributed by atoms with Gasteiger partial charge in [0.15, 0.2) is 0 Å². The number of nitrogens with zero attached hydrogens (tertiary/aromatic N) is 3. The van der Waals surface area contributed by atoms with E-state index in [1.54, 1.807) is 35.4 Å². The van der Waals surface area contributed by atoms with Crippen molar-refractivity contribution in [2.75, 3.05) is 33.9 Å². The summed E-state index contributed by atoms with van der Waals surface area (Å²) in [6.07, 6.45) is 3.29. The fourth-order valence-corrected chi connectivity index (χ4v) is 8.49. The average Bonchev–Trinajstić information content (AvgIpc) is 4.09. The molecule has 312 valence electrons. The molecule has 0 radical (unpaired) electrons. The topological polar surface area (TPSA) is 175 Å². The summed E-state index contributed by atoms with van der Waals surface area (Å²) in [5, 5.41) is 10.2. The van der Waals surface area contributed by atoms with Crippen molar-refractivity contribution in [1.29, 1.82) is 0 Å². The highest BCUT2D eigenvalue weighted by molar-refractivity contribution is 5.98. The van der Waals surface area contributed by atoms with Crippen molar-refractivity contribution in [3.8, 4) is 11.1 Å². The summed E-state index contributed by atoms with van der Waals surface area (Å²) in [5.74, 6) is -0.752. The lowest BCUT2D eigenvalue weighted by Crippen LogP contribution is -2.48. The first-order valence-electron chi connectivity index (χ1n) is 20.4. The molecule has 0 spiro atoms. The van der Waals surface area contributed by atoms with Crippen LogP contribution in [0.1, 0.15) is 71.0 Å². The number of carbonyl (C=O) groups excluding carboxylic acids is 5. The SMILES string of the molecule is COC(=O)N[C@@H](C(=O)N1CCC[C@H]1CNC(=O)c1cnc2cc(-c3ccc4cc([C@@H]5CCCN5C(=O)[C@H](NC(=O)OC)c5ccccc5)[nH]c4c3)ccc2c1)c1ccccc1.